The molecule has 0 aromatic heterocycles. The van der Waals surface area contributed by atoms with Gasteiger partial charge >= 0.3 is 10.4 Å². The molecule has 1 rings (SSSR count). The number of hydrogen-bond donors (Lipinski definition) is 1. The van der Waals surface area contributed by atoms with Crippen LogP contribution in [0.15, 0.2) is 5.29 Å². The molecule has 1 N–H and O–H groups in total. The number of nitrogens with zero attached hydrogens (tertiary/aromatic N) is 2. The van der Waals surface area contributed by atoms with E-state index in [1.165, 1.54) is 5.01 Å². The van der Waals surface area contributed by atoms with Gasteiger partial charge in [0.2, 0.25) is 0 Å². The van der Waals surface area contributed by atoms with E-state index in [0.717, 1.165) is 7.11 Å². The van der Waals surface area contributed by atoms with Gasteiger partial charge < -0.3 is 0 Å². The maximum Gasteiger partial charge on any atom is 0.401 e. The lowest BCUT2D eigenvalue weighted by molar-refractivity contribution is 0.0466. The van der Waals surface area contributed by atoms with E-state index in [0.29, 0.717) is 6.54 Å². The molecule has 0 aliphatic carbocycles. The van der Waals surface area contributed by atoms with E-state index in [2.05, 4.69) is 19.0 Å². The molecule has 1 heterocycles. The lowest BCUT2D eigenvalue weighted by Gasteiger charge is -2.32. The lowest BCUT2D eigenvalue weighted by atomic mass is 10.2. The largest absolute Gasteiger partial charge is 0.401 e. The van der Waals surface area contributed by atoms with Gasteiger partial charge in [0, 0.05) is 6.04 Å². The van der Waals surface area contributed by atoms with Crippen molar-refractivity contribution in [3.05, 3.63) is 4.91 Å². The van der Waals surface area contributed by atoms with Crippen molar-refractivity contribution >= 4 is 10.4 Å². The van der Waals surface area contributed by atoms with Crippen LogP contribution in [-0.4, -0.2) is 45.9 Å². The highest BCUT2D eigenvalue weighted by Gasteiger charge is 2.28. The lowest BCUT2D eigenvalue weighted by Crippen LogP contribution is -2.55. The second-order valence-electron chi connectivity index (χ2n) is 3.18. The maximum absolute atomic E-state index is 11.0. The Hall–Kier alpha value is -0.770. The van der Waals surface area contributed by atoms with Crippen molar-refractivity contribution in [1.82, 2.24) is 10.3 Å². The fourth-order valence-electron chi connectivity index (χ4n) is 1.31. The average molecular weight is 239 g/mol. The molecular weight excluding hydrogens is 226 g/mol. The molecule has 0 bridgehead atoms. The molecule has 0 amide bonds. The zero-order valence-electron chi connectivity index (χ0n) is 8.41. The van der Waals surface area contributed by atoms with Gasteiger partial charge in [-0.1, -0.05) is 0 Å². The number of nitrogens with one attached hydrogen (secondary N) is 1. The van der Waals surface area contributed by atoms with Crippen molar-refractivity contribution in [2.75, 3.05) is 20.2 Å². The van der Waals surface area contributed by atoms with Gasteiger partial charge in [-0.25, -0.2) is 4.18 Å². The highest BCUT2D eigenvalue weighted by molar-refractivity contribution is 7.81. The minimum atomic E-state index is -4.01. The normalized spacial score (nSPS) is 27.7. The summed E-state index contributed by atoms with van der Waals surface area (Å²) in [6, 6.07) is -0.0893. The molecule has 0 spiro atoms. The molecule has 1 aliphatic rings. The van der Waals surface area contributed by atoms with Gasteiger partial charge in [-0.3, -0.25) is 14.5 Å². The van der Waals surface area contributed by atoms with Gasteiger partial charge in [-0.2, -0.15) is 8.42 Å². The van der Waals surface area contributed by atoms with Crippen molar-refractivity contribution in [2.45, 2.75) is 19.2 Å². The number of hydrogen-bond acceptors (Lipinski definition) is 7. The van der Waals surface area contributed by atoms with Crippen molar-refractivity contribution in [1.29, 1.82) is 0 Å². The molecule has 0 aromatic rings. The Morgan fingerprint density at radius 1 is 1.47 bits per heavy atom. The van der Waals surface area contributed by atoms with Gasteiger partial charge in [0.05, 0.1) is 25.5 Å². The number of piperazine rings is 1. The summed E-state index contributed by atoms with van der Waals surface area (Å²) in [7, 11) is -3.01. The highest BCUT2D eigenvalue weighted by atomic mass is 32.3. The van der Waals surface area contributed by atoms with Crippen molar-refractivity contribution < 1.29 is 16.8 Å². The molecule has 2 atom stereocenters. The second-order valence-corrected chi connectivity index (χ2v) is 4.52. The van der Waals surface area contributed by atoms with E-state index in [1.807, 2.05) is 0 Å². The Bertz CT molecular complexity index is 319. The molecule has 1 fully saturated rings. The van der Waals surface area contributed by atoms with E-state index in [1.54, 1.807) is 6.92 Å². The Morgan fingerprint density at radius 3 is 2.67 bits per heavy atom. The monoisotopic (exact) mass is 239 g/mol. The predicted octanol–water partition coefficient (Wildman–Crippen LogP) is -0.805. The summed E-state index contributed by atoms with van der Waals surface area (Å²) in [6.07, 6.45) is -0.823. The van der Waals surface area contributed by atoms with Crippen LogP contribution in [0.3, 0.4) is 0 Å². The van der Waals surface area contributed by atoms with Gasteiger partial charge in [-0.15, -0.1) is 4.91 Å². The first kappa shape index (κ1) is 12.3. The number of nitroso groups, excluding NO2 is 1. The van der Waals surface area contributed by atoms with Crippen LogP contribution in [0.2, 0.25) is 0 Å². The number of rotatable bonds is 4. The molecule has 1 saturated heterocycles. The summed E-state index contributed by atoms with van der Waals surface area (Å²) in [5.74, 6) is 0. The quantitative estimate of drug-likeness (QED) is 0.641. The standard InChI is InChI=1S/C6H13N3O5S/c1-5-3-9(8-10)4-6(7-5)14-15(11,12)13-2/h5-7H,3-4H2,1-2H3. The fourth-order valence-corrected chi connectivity index (χ4v) is 1.79. The maximum atomic E-state index is 11.0. The topological polar surface area (TPSA) is 97.3 Å². The molecule has 1 aliphatic heterocycles. The molecule has 0 saturated carbocycles. The summed E-state index contributed by atoms with van der Waals surface area (Å²) in [6.45, 7) is 2.26. The smallest absolute Gasteiger partial charge is 0.285 e. The first-order valence-electron chi connectivity index (χ1n) is 4.30. The van der Waals surface area contributed by atoms with E-state index in [-0.39, 0.29) is 12.6 Å². The van der Waals surface area contributed by atoms with E-state index in [9.17, 15) is 13.3 Å². The minimum absolute atomic E-state index is 0.0659. The molecule has 0 radical (unpaired) electrons. The Kier molecular flexibility index (Phi) is 3.97. The third kappa shape index (κ3) is 3.70. The van der Waals surface area contributed by atoms with Crippen LogP contribution in [0.5, 0.6) is 0 Å². The second kappa shape index (κ2) is 4.84. The van der Waals surface area contributed by atoms with Crippen molar-refractivity contribution in [2.24, 2.45) is 5.29 Å². The SMILES string of the molecule is COS(=O)(=O)OC1CN(N=O)CC(C)N1. The van der Waals surface area contributed by atoms with Crippen LogP contribution in [0.1, 0.15) is 6.92 Å². The Labute approximate surface area is 87.8 Å². The molecular formula is C6H13N3O5S. The van der Waals surface area contributed by atoms with Crippen LogP contribution in [0.4, 0.5) is 0 Å². The highest BCUT2D eigenvalue weighted by Crippen LogP contribution is 2.08. The fraction of sp³-hybridized carbons (Fsp3) is 1.00. The molecule has 15 heavy (non-hydrogen) atoms. The minimum Gasteiger partial charge on any atom is -0.285 e. The molecule has 2 unspecified atom stereocenters. The van der Waals surface area contributed by atoms with Crippen molar-refractivity contribution in [3.63, 3.8) is 0 Å². The molecule has 88 valence electrons. The van der Waals surface area contributed by atoms with Gasteiger partial charge in [0.25, 0.3) is 0 Å². The van der Waals surface area contributed by atoms with Crippen LogP contribution >= 0.6 is 0 Å². The Balaban J connectivity index is 2.59. The van der Waals surface area contributed by atoms with Gasteiger partial charge in [0.15, 0.2) is 0 Å². The van der Waals surface area contributed by atoms with E-state index < -0.39 is 16.6 Å². The zero-order valence-corrected chi connectivity index (χ0v) is 9.23. The van der Waals surface area contributed by atoms with Gasteiger partial charge in [0.1, 0.15) is 6.23 Å². The summed E-state index contributed by atoms with van der Waals surface area (Å²) >= 11 is 0. The summed E-state index contributed by atoms with van der Waals surface area (Å²) in [5, 5.41) is 6.77. The summed E-state index contributed by atoms with van der Waals surface area (Å²) < 4.78 is 30.7. The summed E-state index contributed by atoms with van der Waals surface area (Å²) in [4.78, 5) is 10.3. The zero-order chi connectivity index (χ0) is 11.5. The van der Waals surface area contributed by atoms with Crippen molar-refractivity contribution in [3.8, 4) is 0 Å². The average Bonchev–Trinajstić information content (AvgIpc) is 2.16. The third-order valence-corrected chi connectivity index (χ3v) is 2.76. The predicted molar refractivity (Wildman–Crippen MR) is 50.8 cm³/mol. The first-order valence-corrected chi connectivity index (χ1v) is 5.63. The molecule has 0 aromatic carbocycles. The van der Waals surface area contributed by atoms with E-state index >= 15 is 0 Å². The van der Waals surface area contributed by atoms with Crippen LogP contribution in [-0.2, 0) is 18.8 Å². The van der Waals surface area contributed by atoms with E-state index in [4.69, 9.17) is 0 Å². The van der Waals surface area contributed by atoms with Crippen LogP contribution < -0.4 is 5.32 Å². The first-order chi connectivity index (χ1) is 6.96. The molecule has 8 nitrogen and oxygen atoms in total. The summed E-state index contributed by atoms with van der Waals surface area (Å²) in [5.41, 5.74) is 0. The van der Waals surface area contributed by atoms with Crippen LogP contribution in [0, 0.1) is 4.91 Å². The van der Waals surface area contributed by atoms with Crippen LogP contribution in [0.25, 0.3) is 0 Å². The van der Waals surface area contributed by atoms with Gasteiger partial charge in [-0.05, 0) is 6.92 Å². The molecule has 9 heteroatoms. The third-order valence-electron chi connectivity index (χ3n) is 1.89. The Morgan fingerprint density at radius 2 is 2.13 bits per heavy atom.